The number of carbonyl (C=O) groups is 2. The first-order valence-electron chi connectivity index (χ1n) is 11.9. The molecule has 0 aromatic heterocycles. The van der Waals surface area contributed by atoms with Gasteiger partial charge in [-0.25, -0.2) is 10.2 Å². The van der Waals surface area contributed by atoms with Crippen LogP contribution in [0.1, 0.15) is 49.0 Å². The molecule has 1 N–H and O–H groups in total. The first-order chi connectivity index (χ1) is 17.9. The summed E-state index contributed by atoms with van der Waals surface area (Å²) in [6.45, 7) is 4.55. The molecule has 37 heavy (non-hydrogen) atoms. The molecular weight excluding hydrogens is 515 g/mol. The van der Waals surface area contributed by atoms with Gasteiger partial charge in [-0.05, 0) is 85.1 Å². The van der Waals surface area contributed by atoms with E-state index in [0.717, 1.165) is 12.8 Å². The van der Waals surface area contributed by atoms with Crippen molar-refractivity contribution in [3.63, 3.8) is 0 Å². The van der Waals surface area contributed by atoms with Gasteiger partial charge in [-0.2, -0.15) is 5.10 Å². The molecule has 3 aromatic rings. The highest BCUT2D eigenvalue weighted by atomic mass is 35.5. The van der Waals surface area contributed by atoms with Gasteiger partial charge in [-0.3, -0.25) is 4.79 Å². The number of hydrogen-bond donors (Lipinski definition) is 1. The van der Waals surface area contributed by atoms with Crippen molar-refractivity contribution in [2.75, 3.05) is 6.61 Å². The van der Waals surface area contributed by atoms with Gasteiger partial charge in [0, 0.05) is 5.02 Å². The van der Waals surface area contributed by atoms with Crippen molar-refractivity contribution in [1.82, 2.24) is 5.43 Å². The van der Waals surface area contributed by atoms with Crippen molar-refractivity contribution in [2.45, 2.75) is 39.2 Å². The molecule has 0 saturated carbocycles. The van der Waals surface area contributed by atoms with E-state index in [-0.39, 0.29) is 0 Å². The SMILES string of the molecule is CCCCOc1ccc(C(=O)Oc2ccc(/C=N\NC(=O)[C@H](CC)Oc3ccc(Cl)cc3Cl)cc2)cc1. The molecule has 194 valence electrons. The van der Waals surface area contributed by atoms with Crippen LogP contribution >= 0.6 is 23.2 Å². The van der Waals surface area contributed by atoms with Crippen LogP contribution in [0.2, 0.25) is 10.0 Å². The Morgan fingerprint density at radius 2 is 1.68 bits per heavy atom. The predicted octanol–water partition coefficient (Wildman–Crippen LogP) is 6.70. The minimum absolute atomic E-state index is 0.316. The highest BCUT2D eigenvalue weighted by molar-refractivity contribution is 6.35. The maximum absolute atomic E-state index is 12.5. The molecule has 9 heteroatoms. The Balaban J connectivity index is 1.50. The molecule has 7 nitrogen and oxygen atoms in total. The topological polar surface area (TPSA) is 86.2 Å². The number of esters is 1. The standard InChI is InChI=1S/C28H28Cl2N2O5/c1-3-5-16-35-22-13-8-20(9-14-22)28(34)36-23-11-6-19(7-12-23)18-31-32-27(33)25(4-2)37-26-15-10-21(29)17-24(26)30/h6-15,17-18,25H,3-5,16H2,1-2H3,(H,32,33)/b31-18-/t25-/m0/s1. The zero-order chi connectivity index (χ0) is 26.6. The minimum Gasteiger partial charge on any atom is -0.494 e. The van der Waals surface area contributed by atoms with E-state index < -0.39 is 18.0 Å². The van der Waals surface area contributed by atoms with Crippen LogP contribution in [0.15, 0.2) is 71.8 Å². The van der Waals surface area contributed by atoms with Gasteiger partial charge < -0.3 is 14.2 Å². The molecule has 0 radical (unpaired) electrons. The van der Waals surface area contributed by atoms with E-state index in [1.807, 2.05) is 6.92 Å². The molecule has 3 aromatic carbocycles. The van der Waals surface area contributed by atoms with Crippen LogP contribution in [0.3, 0.4) is 0 Å². The molecule has 0 aliphatic heterocycles. The Bertz CT molecular complexity index is 1210. The largest absolute Gasteiger partial charge is 0.494 e. The first kappa shape index (κ1) is 28.0. The van der Waals surface area contributed by atoms with E-state index in [4.69, 9.17) is 37.4 Å². The van der Waals surface area contributed by atoms with Crippen molar-refractivity contribution < 1.29 is 23.8 Å². The molecule has 0 bridgehead atoms. The van der Waals surface area contributed by atoms with Gasteiger partial charge in [0.05, 0.1) is 23.4 Å². The third kappa shape index (κ3) is 8.81. The Labute approximate surface area is 226 Å². The molecule has 0 unspecified atom stereocenters. The molecule has 1 atom stereocenters. The van der Waals surface area contributed by atoms with Crippen molar-refractivity contribution in [3.8, 4) is 17.2 Å². The summed E-state index contributed by atoms with van der Waals surface area (Å²) in [5.41, 5.74) is 3.58. The summed E-state index contributed by atoms with van der Waals surface area (Å²) >= 11 is 12.0. The number of carbonyl (C=O) groups excluding carboxylic acids is 2. The molecule has 0 spiro atoms. The summed E-state index contributed by atoms with van der Waals surface area (Å²) in [4.78, 5) is 24.9. The van der Waals surface area contributed by atoms with Crippen LogP contribution in [0.5, 0.6) is 17.2 Å². The Morgan fingerprint density at radius 3 is 2.32 bits per heavy atom. The van der Waals surface area contributed by atoms with Gasteiger partial charge in [-0.15, -0.1) is 0 Å². The summed E-state index contributed by atoms with van der Waals surface area (Å²) in [5, 5.41) is 4.77. The molecule has 0 heterocycles. The molecule has 3 rings (SSSR count). The van der Waals surface area contributed by atoms with Crippen molar-refractivity contribution in [2.24, 2.45) is 5.10 Å². The number of ether oxygens (including phenoxy) is 3. The highest BCUT2D eigenvalue weighted by Crippen LogP contribution is 2.28. The fourth-order valence-electron chi connectivity index (χ4n) is 3.10. The second-order valence-electron chi connectivity index (χ2n) is 8.01. The summed E-state index contributed by atoms with van der Waals surface area (Å²) in [7, 11) is 0. The Morgan fingerprint density at radius 1 is 0.973 bits per heavy atom. The van der Waals surface area contributed by atoms with Crippen LogP contribution < -0.4 is 19.6 Å². The van der Waals surface area contributed by atoms with E-state index >= 15 is 0 Å². The van der Waals surface area contributed by atoms with Gasteiger partial charge in [0.2, 0.25) is 0 Å². The van der Waals surface area contributed by atoms with Crippen LogP contribution in [0, 0.1) is 0 Å². The zero-order valence-corrected chi connectivity index (χ0v) is 22.1. The van der Waals surface area contributed by atoms with Crippen LogP contribution in [0.25, 0.3) is 0 Å². The summed E-state index contributed by atoms with van der Waals surface area (Å²) in [5.74, 6) is 0.566. The van der Waals surface area contributed by atoms with E-state index in [1.165, 1.54) is 6.21 Å². The predicted molar refractivity (Wildman–Crippen MR) is 145 cm³/mol. The maximum atomic E-state index is 12.5. The fraction of sp³-hybridized carbons (Fsp3) is 0.250. The number of nitrogens with one attached hydrogen (secondary N) is 1. The number of amides is 1. The summed E-state index contributed by atoms with van der Waals surface area (Å²) in [6, 6.07) is 18.3. The summed E-state index contributed by atoms with van der Waals surface area (Å²) < 4.78 is 16.7. The number of hydrogen-bond acceptors (Lipinski definition) is 6. The number of nitrogens with zero attached hydrogens (tertiary/aromatic N) is 1. The first-order valence-corrected chi connectivity index (χ1v) is 12.6. The third-order valence-electron chi connectivity index (χ3n) is 5.16. The van der Waals surface area contributed by atoms with Crippen molar-refractivity contribution >= 4 is 41.3 Å². The molecule has 0 aliphatic carbocycles. The Hall–Kier alpha value is -3.55. The van der Waals surface area contributed by atoms with Gasteiger partial charge in [-0.1, -0.05) is 43.5 Å². The number of unbranched alkanes of at least 4 members (excludes halogenated alkanes) is 1. The molecule has 0 fully saturated rings. The van der Waals surface area contributed by atoms with Crippen molar-refractivity contribution in [1.29, 1.82) is 0 Å². The lowest BCUT2D eigenvalue weighted by molar-refractivity contribution is -0.128. The second-order valence-corrected chi connectivity index (χ2v) is 8.85. The number of rotatable bonds is 12. The minimum atomic E-state index is -0.783. The zero-order valence-electron chi connectivity index (χ0n) is 20.6. The molecule has 1 amide bonds. The number of halogens is 2. The van der Waals surface area contributed by atoms with Crippen LogP contribution in [-0.4, -0.2) is 30.8 Å². The van der Waals surface area contributed by atoms with Crippen molar-refractivity contribution in [3.05, 3.63) is 87.9 Å². The van der Waals surface area contributed by atoms with Crippen LogP contribution in [0.4, 0.5) is 0 Å². The lowest BCUT2D eigenvalue weighted by Gasteiger charge is -2.16. The molecule has 0 aliphatic rings. The quantitative estimate of drug-likeness (QED) is 0.0904. The van der Waals surface area contributed by atoms with E-state index in [1.54, 1.807) is 66.7 Å². The van der Waals surface area contributed by atoms with Gasteiger partial charge in [0.1, 0.15) is 17.2 Å². The van der Waals surface area contributed by atoms with Gasteiger partial charge in [0.15, 0.2) is 6.10 Å². The lowest BCUT2D eigenvalue weighted by atomic mass is 10.2. The molecule has 0 saturated heterocycles. The van der Waals surface area contributed by atoms with E-state index in [2.05, 4.69) is 17.5 Å². The summed E-state index contributed by atoms with van der Waals surface area (Å²) in [6.07, 6.45) is 3.13. The van der Waals surface area contributed by atoms with Crippen LogP contribution in [-0.2, 0) is 4.79 Å². The normalized spacial score (nSPS) is 11.7. The average Bonchev–Trinajstić information content (AvgIpc) is 2.89. The maximum Gasteiger partial charge on any atom is 0.343 e. The van der Waals surface area contributed by atoms with E-state index in [0.29, 0.717) is 51.4 Å². The fourth-order valence-corrected chi connectivity index (χ4v) is 3.55. The molecular formula is C28H28Cl2N2O5. The highest BCUT2D eigenvalue weighted by Gasteiger charge is 2.19. The van der Waals surface area contributed by atoms with E-state index in [9.17, 15) is 9.59 Å². The Kier molecular flexibility index (Phi) is 10.8. The third-order valence-corrected chi connectivity index (χ3v) is 5.69. The lowest BCUT2D eigenvalue weighted by Crippen LogP contribution is -2.35. The van der Waals surface area contributed by atoms with Gasteiger partial charge >= 0.3 is 5.97 Å². The van der Waals surface area contributed by atoms with Gasteiger partial charge in [0.25, 0.3) is 5.91 Å². The second kappa shape index (κ2) is 14.3. The monoisotopic (exact) mass is 542 g/mol. The smallest absolute Gasteiger partial charge is 0.343 e. The number of benzene rings is 3. The average molecular weight is 543 g/mol. The number of hydrazone groups is 1.